The second kappa shape index (κ2) is 9.76. The van der Waals surface area contributed by atoms with Gasteiger partial charge in [0.1, 0.15) is 17.2 Å². The Labute approximate surface area is 208 Å². The first-order valence-corrected chi connectivity index (χ1v) is 12.3. The summed E-state index contributed by atoms with van der Waals surface area (Å²) in [5.74, 6) is 1.32. The summed E-state index contributed by atoms with van der Waals surface area (Å²) in [6.07, 6.45) is 2.93. The molecule has 5 rings (SSSR count). The van der Waals surface area contributed by atoms with E-state index in [9.17, 15) is 4.79 Å². The van der Waals surface area contributed by atoms with Gasteiger partial charge in [-0.1, -0.05) is 31.2 Å². The van der Waals surface area contributed by atoms with Crippen molar-refractivity contribution in [2.75, 3.05) is 14.2 Å². The lowest BCUT2D eigenvalue weighted by Crippen LogP contribution is -2.26. The number of aromatic nitrogens is 2. The van der Waals surface area contributed by atoms with Crippen molar-refractivity contribution < 1.29 is 14.3 Å². The quantitative estimate of drug-likeness (QED) is 0.336. The fourth-order valence-electron chi connectivity index (χ4n) is 4.29. The minimum atomic E-state index is -0.279. The third-order valence-corrected chi connectivity index (χ3v) is 6.94. The van der Waals surface area contributed by atoms with Crippen LogP contribution in [0, 0.1) is 0 Å². The molecule has 2 aromatic heterocycles. The number of carbonyl (C=O) groups excluding carboxylic acids is 1. The fraction of sp³-hybridized carbons (Fsp3) is 0.222. The molecule has 0 saturated carbocycles. The molecule has 0 aliphatic carbocycles. The highest BCUT2D eigenvalue weighted by molar-refractivity contribution is 7.13. The van der Waals surface area contributed by atoms with Crippen molar-refractivity contribution in [2.24, 2.45) is 5.10 Å². The highest BCUT2D eigenvalue weighted by atomic mass is 32.1. The Bertz CT molecular complexity index is 1360. The van der Waals surface area contributed by atoms with Crippen molar-refractivity contribution in [3.63, 3.8) is 0 Å². The number of methoxy groups -OCH3 is 2. The topological polar surface area (TPSA) is 69.0 Å². The molecule has 1 aliphatic rings. The van der Waals surface area contributed by atoms with E-state index in [2.05, 4.69) is 6.07 Å². The van der Waals surface area contributed by atoms with Gasteiger partial charge in [-0.25, -0.2) is 9.69 Å². The zero-order valence-electron chi connectivity index (χ0n) is 19.8. The van der Waals surface area contributed by atoms with Crippen LogP contribution in [-0.2, 0) is 4.79 Å². The van der Waals surface area contributed by atoms with Crippen LogP contribution in [0.3, 0.4) is 0 Å². The average molecular weight is 487 g/mol. The van der Waals surface area contributed by atoms with Gasteiger partial charge in [0.2, 0.25) is 5.91 Å². The molecule has 3 heterocycles. The van der Waals surface area contributed by atoms with Gasteiger partial charge < -0.3 is 9.47 Å². The van der Waals surface area contributed by atoms with Crippen molar-refractivity contribution in [3.05, 3.63) is 83.4 Å². The number of para-hydroxylation sites is 1. The Hall–Kier alpha value is -3.91. The number of hydrogen-bond donors (Lipinski definition) is 0. The molecule has 1 amide bonds. The first-order chi connectivity index (χ1) is 17.1. The van der Waals surface area contributed by atoms with E-state index in [0.717, 1.165) is 33.1 Å². The smallest absolute Gasteiger partial charge is 0.242 e. The third kappa shape index (κ3) is 4.33. The van der Waals surface area contributed by atoms with Crippen LogP contribution in [0.4, 0.5) is 0 Å². The van der Waals surface area contributed by atoms with Crippen LogP contribution in [-0.4, -0.2) is 40.6 Å². The zero-order valence-corrected chi connectivity index (χ0v) is 20.7. The van der Waals surface area contributed by atoms with Gasteiger partial charge in [-0.3, -0.25) is 4.79 Å². The summed E-state index contributed by atoms with van der Waals surface area (Å²) in [5, 5.41) is 13.4. The van der Waals surface area contributed by atoms with E-state index >= 15 is 0 Å². The van der Waals surface area contributed by atoms with E-state index in [-0.39, 0.29) is 11.9 Å². The van der Waals surface area contributed by atoms with Crippen molar-refractivity contribution in [1.29, 1.82) is 0 Å². The van der Waals surface area contributed by atoms with Crippen LogP contribution in [0.5, 0.6) is 11.5 Å². The summed E-state index contributed by atoms with van der Waals surface area (Å²) in [6.45, 7) is 1.86. The van der Waals surface area contributed by atoms with Gasteiger partial charge in [0.25, 0.3) is 0 Å². The van der Waals surface area contributed by atoms with Crippen LogP contribution in [0.15, 0.2) is 77.3 Å². The molecule has 1 atom stereocenters. The molecule has 0 radical (unpaired) electrons. The highest BCUT2D eigenvalue weighted by Crippen LogP contribution is 2.41. The number of rotatable bonds is 7. The number of nitrogens with zero attached hydrogens (tertiary/aromatic N) is 4. The molecular formula is C27H26N4O3S. The van der Waals surface area contributed by atoms with Gasteiger partial charge in [0, 0.05) is 36.2 Å². The number of amides is 1. The summed E-state index contributed by atoms with van der Waals surface area (Å²) in [6, 6.07) is 19.4. The lowest BCUT2D eigenvalue weighted by Gasteiger charge is -2.21. The van der Waals surface area contributed by atoms with Gasteiger partial charge in [0.05, 0.1) is 36.5 Å². The minimum Gasteiger partial charge on any atom is -0.497 e. The second-order valence-electron chi connectivity index (χ2n) is 8.12. The van der Waals surface area contributed by atoms with Gasteiger partial charge in [-0.05, 0) is 35.7 Å². The van der Waals surface area contributed by atoms with E-state index in [1.165, 1.54) is 0 Å². The summed E-state index contributed by atoms with van der Waals surface area (Å²) in [4.78, 5) is 14.1. The van der Waals surface area contributed by atoms with E-state index in [1.807, 2.05) is 77.8 Å². The average Bonchev–Trinajstić information content (AvgIpc) is 3.67. The summed E-state index contributed by atoms with van der Waals surface area (Å²) >= 11 is 1.63. The van der Waals surface area contributed by atoms with Crippen molar-refractivity contribution in [1.82, 2.24) is 14.8 Å². The first kappa shape index (κ1) is 22.9. The monoisotopic (exact) mass is 486 g/mol. The van der Waals surface area contributed by atoms with E-state index in [1.54, 1.807) is 30.6 Å². The van der Waals surface area contributed by atoms with Crippen LogP contribution in [0.2, 0.25) is 0 Å². The summed E-state index contributed by atoms with van der Waals surface area (Å²) < 4.78 is 12.9. The van der Waals surface area contributed by atoms with E-state index < -0.39 is 0 Å². The standard InChI is InChI=1S/C27H26N4O3S/c1-4-26(32)31-23(16-22(28-31)20-13-12-19(33-2)15-24(20)34-3)21-17-30(18-9-6-5-7-10-18)29-27(21)25-11-8-14-35-25/h5-15,17,23H,4,16H2,1-3H3/t23-/m1/s1. The first-order valence-electron chi connectivity index (χ1n) is 11.4. The molecule has 35 heavy (non-hydrogen) atoms. The SMILES string of the molecule is CCC(=O)N1N=C(c2ccc(OC)cc2OC)C[C@@H]1c1cn(-c2ccccc2)nc1-c1cccs1. The maximum absolute atomic E-state index is 13.0. The number of benzene rings is 2. The molecule has 0 unspecified atom stereocenters. The maximum atomic E-state index is 13.0. The Morgan fingerprint density at radius 1 is 1.09 bits per heavy atom. The number of hydrazone groups is 1. The maximum Gasteiger partial charge on any atom is 0.242 e. The summed E-state index contributed by atoms with van der Waals surface area (Å²) in [5.41, 5.74) is 4.42. The Balaban J connectivity index is 1.60. The number of thiophene rings is 1. The van der Waals surface area contributed by atoms with Crippen LogP contribution < -0.4 is 9.47 Å². The number of hydrogen-bond acceptors (Lipinski definition) is 6. The lowest BCUT2D eigenvalue weighted by atomic mass is 9.97. The molecule has 1 aliphatic heterocycles. The van der Waals surface area contributed by atoms with Gasteiger partial charge >= 0.3 is 0 Å². The van der Waals surface area contributed by atoms with Crippen molar-refractivity contribution >= 4 is 23.0 Å². The second-order valence-corrected chi connectivity index (χ2v) is 9.06. The number of ether oxygens (including phenoxy) is 2. The van der Waals surface area contributed by atoms with Gasteiger partial charge in [-0.2, -0.15) is 10.2 Å². The zero-order chi connectivity index (χ0) is 24.4. The highest BCUT2D eigenvalue weighted by Gasteiger charge is 2.36. The largest absolute Gasteiger partial charge is 0.497 e. The summed E-state index contributed by atoms with van der Waals surface area (Å²) in [7, 11) is 3.24. The molecule has 7 nitrogen and oxygen atoms in total. The third-order valence-electron chi connectivity index (χ3n) is 6.06. The van der Waals surface area contributed by atoms with Crippen LogP contribution >= 0.6 is 11.3 Å². The molecule has 0 saturated heterocycles. The predicted molar refractivity (Wildman–Crippen MR) is 137 cm³/mol. The predicted octanol–water partition coefficient (Wildman–Crippen LogP) is 5.71. The van der Waals surface area contributed by atoms with E-state index in [4.69, 9.17) is 19.7 Å². The Kier molecular flexibility index (Phi) is 6.37. The normalized spacial score (nSPS) is 15.2. The molecule has 8 heteroatoms. The molecular weight excluding hydrogens is 460 g/mol. The molecule has 0 spiro atoms. The Morgan fingerprint density at radius 3 is 2.60 bits per heavy atom. The minimum absolute atomic E-state index is 0.0398. The van der Waals surface area contributed by atoms with Gasteiger partial charge in [-0.15, -0.1) is 11.3 Å². The Morgan fingerprint density at radius 2 is 1.91 bits per heavy atom. The van der Waals surface area contributed by atoms with Crippen molar-refractivity contribution in [2.45, 2.75) is 25.8 Å². The molecule has 178 valence electrons. The molecule has 2 aromatic carbocycles. The number of carbonyl (C=O) groups is 1. The molecule has 0 fully saturated rings. The lowest BCUT2D eigenvalue weighted by molar-refractivity contribution is -0.132. The van der Waals surface area contributed by atoms with Crippen LogP contribution in [0.25, 0.3) is 16.3 Å². The van der Waals surface area contributed by atoms with Crippen molar-refractivity contribution in [3.8, 4) is 27.8 Å². The molecule has 0 N–H and O–H groups in total. The molecule has 0 bridgehead atoms. The van der Waals surface area contributed by atoms with Gasteiger partial charge in [0.15, 0.2) is 0 Å². The van der Waals surface area contributed by atoms with E-state index in [0.29, 0.717) is 24.3 Å². The molecule has 4 aromatic rings. The van der Waals surface area contributed by atoms with Crippen LogP contribution in [0.1, 0.15) is 36.9 Å². The fourth-order valence-corrected chi connectivity index (χ4v) is 5.02.